The van der Waals surface area contributed by atoms with Crippen molar-refractivity contribution in [2.75, 3.05) is 0 Å². The van der Waals surface area contributed by atoms with Crippen LogP contribution in [0.4, 0.5) is 4.39 Å². The van der Waals surface area contributed by atoms with E-state index in [2.05, 4.69) is 0 Å². The van der Waals surface area contributed by atoms with Crippen molar-refractivity contribution in [3.8, 4) is 0 Å². The maximum Gasteiger partial charge on any atom is 0.160 e. The van der Waals surface area contributed by atoms with Crippen LogP contribution >= 0.6 is 11.6 Å². The van der Waals surface area contributed by atoms with Gasteiger partial charge in [-0.3, -0.25) is 4.79 Å². The fourth-order valence-electron chi connectivity index (χ4n) is 2.30. The van der Waals surface area contributed by atoms with Gasteiger partial charge in [-0.05, 0) is 55.5 Å². The van der Waals surface area contributed by atoms with Crippen molar-refractivity contribution < 1.29 is 9.18 Å². The van der Waals surface area contributed by atoms with Crippen molar-refractivity contribution in [1.82, 2.24) is 0 Å². The zero-order chi connectivity index (χ0) is 13.0. The monoisotopic (exact) mass is 266 g/mol. The molecule has 0 bridgehead atoms. The van der Waals surface area contributed by atoms with Crippen molar-refractivity contribution >= 4 is 17.4 Å². The summed E-state index contributed by atoms with van der Waals surface area (Å²) < 4.78 is 13.1. The average molecular weight is 267 g/mol. The standard InChI is InChI=1S/C15H16ClFO/c16-15-7-6-13(17)9-12(15)10-14(18)8-11-4-2-1-3-5-11/h6-9H,1-5,10H2. The van der Waals surface area contributed by atoms with Gasteiger partial charge in [0.1, 0.15) is 5.82 Å². The molecule has 1 saturated carbocycles. The van der Waals surface area contributed by atoms with Crippen LogP contribution in [-0.2, 0) is 11.2 Å². The summed E-state index contributed by atoms with van der Waals surface area (Å²) in [5.41, 5.74) is 1.79. The van der Waals surface area contributed by atoms with E-state index in [9.17, 15) is 9.18 Å². The Bertz CT molecular complexity index is 471. The first kappa shape index (κ1) is 13.3. The molecule has 18 heavy (non-hydrogen) atoms. The van der Waals surface area contributed by atoms with Crippen LogP contribution in [0.1, 0.15) is 37.7 Å². The van der Waals surface area contributed by atoms with Crippen LogP contribution in [-0.4, -0.2) is 5.78 Å². The summed E-state index contributed by atoms with van der Waals surface area (Å²) in [5, 5.41) is 0.451. The number of carbonyl (C=O) groups excluding carboxylic acids is 1. The Morgan fingerprint density at radius 3 is 2.72 bits per heavy atom. The molecule has 1 aromatic carbocycles. The molecule has 0 spiro atoms. The molecule has 1 aliphatic rings. The van der Waals surface area contributed by atoms with E-state index in [0.717, 1.165) is 12.8 Å². The van der Waals surface area contributed by atoms with Crippen LogP contribution in [0.15, 0.2) is 29.8 Å². The van der Waals surface area contributed by atoms with Gasteiger partial charge >= 0.3 is 0 Å². The van der Waals surface area contributed by atoms with E-state index in [1.165, 1.54) is 43.0 Å². The number of rotatable bonds is 3. The fraction of sp³-hybridized carbons (Fsp3) is 0.400. The summed E-state index contributed by atoms with van der Waals surface area (Å²) in [6.07, 6.45) is 7.52. The normalized spacial score (nSPS) is 15.6. The second-order valence-electron chi connectivity index (χ2n) is 4.74. The third kappa shape index (κ3) is 3.67. The van der Waals surface area contributed by atoms with Crippen molar-refractivity contribution in [2.45, 2.75) is 38.5 Å². The van der Waals surface area contributed by atoms with Gasteiger partial charge in [-0.15, -0.1) is 0 Å². The second kappa shape index (κ2) is 6.14. The lowest BCUT2D eigenvalue weighted by molar-refractivity contribution is -0.114. The molecule has 0 amide bonds. The topological polar surface area (TPSA) is 17.1 Å². The molecule has 3 heteroatoms. The van der Waals surface area contributed by atoms with E-state index in [4.69, 9.17) is 11.6 Å². The van der Waals surface area contributed by atoms with Crippen LogP contribution in [0.5, 0.6) is 0 Å². The van der Waals surface area contributed by atoms with Gasteiger partial charge in [-0.2, -0.15) is 0 Å². The first-order valence-corrected chi connectivity index (χ1v) is 6.69. The molecule has 0 unspecified atom stereocenters. The molecule has 0 saturated heterocycles. The molecular formula is C15H16ClFO. The van der Waals surface area contributed by atoms with Crippen LogP contribution in [0.2, 0.25) is 5.02 Å². The van der Waals surface area contributed by atoms with Crippen molar-refractivity contribution in [3.63, 3.8) is 0 Å². The summed E-state index contributed by atoms with van der Waals surface area (Å²) in [6.45, 7) is 0. The molecule has 0 aromatic heterocycles. The smallest absolute Gasteiger partial charge is 0.160 e. The van der Waals surface area contributed by atoms with E-state index in [1.54, 1.807) is 6.08 Å². The Kier molecular flexibility index (Phi) is 4.54. The van der Waals surface area contributed by atoms with Gasteiger partial charge in [-0.25, -0.2) is 4.39 Å². The van der Waals surface area contributed by atoms with Gasteiger partial charge in [0, 0.05) is 11.4 Å². The molecule has 0 heterocycles. The highest BCUT2D eigenvalue weighted by Crippen LogP contribution is 2.23. The second-order valence-corrected chi connectivity index (χ2v) is 5.15. The summed E-state index contributed by atoms with van der Waals surface area (Å²) in [5.74, 6) is -0.341. The zero-order valence-electron chi connectivity index (χ0n) is 10.2. The van der Waals surface area contributed by atoms with Crippen LogP contribution < -0.4 is 0 Å². The highest BCUT2D eigenvalue weighted by molar-refractivity contribution is 6.31. The molecule has 0 radical (unpaired) electrons. The van der Waals surface area contributed by atoms with E-state index >= 15 is 0 Å². The third-order valence-corrected chi connectivity index (χ3v) is 3.60. The Hall–Kier alpha value is -1.15. The summed E-state index contributed by atoms with van der Waals surface area (Å²) >= 11 is 5.94. The minimum absolute atomic E-state index is 0.0133. The number of ketones is 1. The number of benzene rings is 1. The van der Waals surface area contributed by atoms with Crippen LogP contribution in [0, 0.1) is 5.82 Å². The summed E-state index contributed by atoms with van der Waals surface area (Å²) in [6, 6.07) is 4.13. The first-order valence-electron chi connectivity index (χ1n) is 6.31. The van der Waals surface area contributed by atoms with Crippen molar-refractivity contribution in [2.24, 2.45) is 0 Å². The minimum atomic E-state index is -0.354. The molecular weight excluding hydrogens is 251 g/mol. The Morgan fingerprint density at radius 1 is 1.28 bits per heavy atom. The molecule has 0 N–H and O–H groups in total. The minimum Gasteiger partial charge on any atom is -0.294 e. The molecule has 1 fully saturated rings. The summed E-state index contributed by atoms with van der Waals surface area (Å²) in [7, 11) is 0. The van der Waals surface area contributed by atoms with E-state index in [-0.39, 0.29) is 18.0 Å². The largest absolute Gasteiger partial charge is 0.294 e. The Morgan fingerprint density at radius 2 is 2.00 bits per heavy atom. The quantitative estimate of drug-likeness (QED) is 0.737. The van der Waals surface area contributed by atoms with Crippen LogP contribution in [0.25, 0.3) is 0 Å². The molecule has 2 rings (SSSR count). The molecule has 1 aromatic rings. The van der Waals surface area contributed by atoms with Crippen molar-refractivity contribution in [1.29, 1.82) is 0 Å². The first-order chi connectivity index (χ1) is 8.65. The average Bonchev–Trinajstić information content (AvgIpc) is 2.35. The summed E-state index contributed by atoms with van der Waals surface area (Å²) in [4.78, 5) is 11.9. The lowest BCUT2D eigenvalue weighted by atomic mass is 9.93. The van der Waals surface area contributed by atoms with E-state index in [0.29, 0.717) is 10.6 Å². The SMILES string of the molecule is O=C(C=C1CCCCC1)Cc1cc(F)ccc1Cl. The van der Waals surface area contributed by atoms with Crippen LogP contribution in [0.3, 0.4) is 0 Å². The highest BCUT2D eigenvalue weighted by Gasteiger charge is 2.10. The van der Waals surface area contributed by atoms with Gasteiger partial charge in [0.15, 0.2) is 5.78 Å². The predicted molar refractivity (Wildman–Crippen MR) is 71.3 cm³/mol. The molecule has 1 aliphatic carbocycles. The molecule has 96 valence electrons. The van der Waals surface area contributed by atoms with E-state index < -0.39 is 0 Å². The molecule has 1 nitrogen and oxygen atoms in total. The molecule has 0 aliphatic heterocycles. The van der Waals surface area contributed by atoms with Crippen molar-refractivity contribution in [3.05, 3.63) is 46.3 Å². The number of carbonyl (C=O) groups is 1. The van der Waals surface area contributed by atoms with Gasteiger partial charge in [-0.1, -0.05) is 23.6 Å². The predicted octanol–water partition coefficient (Wildman–Crippen LogP) is 4.48. The highest BCUT2D eigenvalue weighted by atomic mass is 35.5. The Labute approximate surface area is 112 Å². The number of hydrogen-bond acceptors (Lipinski definition) is 1. The fourth-order valence-corrected chi connectivity index (χ4v) is 2.48. The maximum absolute atomic E-state index is 13.1. The van der Waals surface area contributed by atoms with Gasteiger partial charge < -0.3 is 0 Å². The maximum atomic E-state index is 13.1. The number of allylic oxidation sites excluding steroid dienone is 2. The van der Waals surface area contributed by atoms with Gasteiger partial charge in [0.2, 0.25) is 0 Å². The van der Waals surface area contributed by atoms with Gasteiger partial charge in [0.05, 0.1) is 0 Å². The lowest BCUT2D eigenvalue weighted by Crippen LogP contribution is -2.03. The Balaban J connectivity index is 2.04. The van der Waals surface area contributed by atoms with E-state index in [1.807, 2.05) is 0 Å². The lowest BCUT2D eigenvalue weighted by Gasteiger charge is -2.13. The number of halogens is 2. The number of hydrogen-bond donors (Lipinski definition) is 0. The third-order valence-electron chi connectivity index (χ3n) is 3.23. The zero-order valence-corrected chi connectivity index (χ0v) is 11.0. The molecule has 0 atom stereocenters. The van der Waals surface area contributed by atoms with Gasteiger partial charge in [0.25, 0.3) is 0 Å².